The van der Waals surface area contributed by atoms with Gasteiger partial charge in [-0.25, -0.2) is 4.98 Å². The first-order valence-corrected chi connectivity index (χ1v) is 9.77. The molecule has 4 rings (SSSR count). The summed E-state index contributed by atoms with van der Waals surface area (Å²) < 4.78 is 2.19. The molecular formula is C20H22Cl2N4. The van der Waals surface area contributed by atoms with Crippen LogP contribution in [0.3, 0.4) is 0 Å². The summed E-state index contributed by atoms with van der Waals surface area (Å²) in [6.45, 7) is 0.644. The fourth-order valence-corrected chi connectivity index (χ4v) is 4.08. The highest BCUT2D eigenvalue weighted by atomic mass is 35.5. The first-order chi connectivity index (χ1) is 12.6. The van der Waals surface area contributed by atoms with Crippen molar-refractivity contribution in [3.05, 3.63) is 58.1 Å². The summed E-state index contributed by atoms with van der Waals surface area (Å²) in [7, 11) is 0. The lowest BCUT2D eigenvalue weighted by Gasteiger charge is -2.27. The van der Waals surface area contributed by atoms with Crippen molar-refractivity contribution >= 4 is 40.2 Å². The van der Waals surface area contributed by atoms with Gasteiger partial charge in [0.15, 0.2) is 0 Å². The number of aromatic nitrogens is 2. The van der Waals surface area contributed by atoms with Crippen molar-refractivity contribution in [2.75, 3.05) is 5.32 Å². The zero-order valence-corrected chi connectivity index (χ0v) is 16.0. The van der Waals surface area contributed by atoms with Crippen LogP contribution in [0.5, 0.6) is 0 Å². The van der Waals surface area contributed by atoms with Gasteiger partial charge in [0.05, 0.1) is 17.6 Å². The number of fused-ring (bicyclic) bond motifs is 1. The number of rotatable bonds is 4. The summed E-state index contributed by atoms with van der Waals surface area (Å²) in [5.41, 5.74) is 9.13. The zero-order chi connectivity index (χ0) is 18.1. The lowest BCUT2D eigenvalue weighted by molar-refractivity contribution is 0.409. The van der Waals surface area contributed by atoms with Crippen LogP contribution in [0.4, 0.5) is 5.95 Å². The molecule has 6 heteroatoms. The summed E-state index contributed by atoms with van der Waals surface area (Å²) in [5.74, 6) is 0.887. The highest BCUT2D eigenvalue weighted by Gasteiger charge is 2.21. The van der Waals surface area contributed by atoms with Gasteiger partial charge in [0, 0.05) is 22.1 Å². The highest BCUT2D eigenvalue weighted by Crippen LogP contribution is 2.28. The van der Waals surface area contributed by atoms with Crippen LogP contribution in [0.1, 0.15) is 31.2 Å². The second-order valence-corrected chi connectivity index (χ2v) is 7.85. The van der Waals surface area contributed by atoms with Crippen LogP contribution in [-0.2, 0) is 6.54 Å². The molecule has 136 valence electrons. The van der Waals surface area contributed by atoms with E-state index in [4.69, 9.17) is 33.9 Å². The minimum absolute atomic E-state index is 0.333. The smallest absolute Gasteiger partial charge is 0.204 e. The average molecular weight is 389 g/mol. The molecule has 0 bridgehead atoms. The molecule has 4 nitrogen and oxygen atoms in total. The van der Waals surface area contributed by atoms with Gasteiger partial charge in [-0.1, -0.05) is 41.4 Å². The Morgan fingerprint density at radius 3 is 2.62 bits per heavy atom. The topological polar surface area (TPSA) is 55.9 Å². The fraction of sp³-hybridized carbons (Fsp3) is 0.350. The maximum atomic E-state index is 6.41. The molecule has 0 atom stereocenters. The molecule has 0 amide bonds. The molecule has 1 aliphatic rings. The molecule has 3 aromatic rings. The van der Waals surface area contributed by atoms with Gasteiger partial charge in [-0.2, -0.15) is 0 Å². The number of halogens is 2. The Kier molecular flexibility index (Phi) is 5.07. The van der Waals surface area contributed by atoms with Crippen LogP contribution in [-0.4, -0.2) is 21.6 Å². The van der Waals surface area contributed by atoms with E-state index in [1.54, 1.807) is 6.07 Å². The third kappa shape index (κ3) is 3.68. The number of benzene rings is 2. The molecule has 1 aromatic heterocycles. The predicted molar refractivity (Wildman–Crippen MR) is 109 cm³/mol. The van der Waals surface area contributed by atoms with Gasteiger partial charge in [-0.05, 0) is 55.5 Å². The summed E-state index contributed by atoms with van der Waals surface area (Å²) in [6, 6.07) is 14.6. The van der Waals surface area contributed by atoms with E-state index in [1.165, 1.54) is 0 Å². The van der Waals surface area contributed by atoms with E-state index < -0.39 is 0 Å². The van der Waals surface area contributed by atoms with E-state index in [1.807, 2.05) is 30.3 Å². The third-order valence-electron chi connectivity index (χ3n) is 5.10. The number of anilines is 1. The molecule has 0 saturated heterocycles. The van der Waals surface area contributed by atoms with Crippen molar-refractivity contribution in [2.24, 2.45) is 5.73 Å². The molecule has 2 aromatic carbocycles. The Labute approximate surface area is 163 Å². The highest BCUT2D eigenvalue weighted by molar-refractivity contribution is 6.35. The van der Waals surface area contributed by atoms with Crippen molar-refractivity contribution in [3.63, 3.8) is 0 Å². The molecule has 0 radical (unpaired) electrons. The molecule has 1 heterocycles. The number of imidazole rings is 1. The van der Waals surface area contributed by atoms with Gasteiger partial charge >= 0.3 is 0 Å². The van der Waals surface area contributed by atoms with Crippen LogP contribution in [0.25, 0.3) is 11.0 Å². The van der Waals surface area contributed by atoms with Gasteiger partial charge in [0.25, 0.3) is 0 Å². The monoisotopic (exact) mass is 388 g/mol. The zero-order valence-electron chi connectivity index (χ0n) is 14.5. The van der Waals surface area contributed by atoms with Crippen LogP contribution in [0, 0.1) is 0 Å². The Balaban J connectivity index is 1.67. The Hall–Kier alpha value is -1.75. The number of nitrogens with one attached hydrogen (secondary N) is 1. The minimum atomic E-state index is 0.333. The van der Waals surface area contributed by atoms with E-state index in [2.05, 4.69) is 16.0 Å². The Bertz CT molecular complexity index is 913. The van der Waals surface area contributed by atoms with Crippen molar-refractivity contribution in [1.82, 2.24) is 9.55 Å². The van der Waals surface area contributed by atoms with Crippen LogP contribution >= 0.6 is 23.2 Å². The van der Waals surface area contributed by atoms with Gasteiger partial charge in [-0.3, -0.25) is 0 Å². The Morgan fingerprint density at radius 2 is 1.85 bits per heavy atom. The van der Waals surface area contributed by atoms with E-state index in [9.17, 15) is 0 Å². The largest absolute Gasteiger partial charge is 0.353 e. The maximum Gasteiger partial charge on any atom is 0.204 e. The summed E-state index contributed by atoms with van der Waals surface area (Å²) in [4.78, 5) is 4.82. The SMILES string of the molecule is NC1CCC(Nc2nc3ccccc3n2Cc2ccc(Cl)cc2Cl)CC1. The molecule has 26 heavy (non-hydrogen) atoms. The van der Waals surface area contributed by atoms with E-state index in [0.29, 0.717) is 28.7 Å². The molecule has 0 unspecified atom stereocenters. The van der Waals surface area contributed by atoms with Crippen LogP contribution in [0.2, 0.25) is 10.0 Å². The molecule has 3 N–H and O–H groups in total. The number of nitrogens with zero attached hydrogens (tertiary/aromatic N) is 2. The number of nitrogens with two attached hydrogens (primary N) is 1. The quantitative estimate of drug-likeness (QED) is 0.655. The first-order valence-electron chi connectivity index (χ1n) is 9.01. The lowest BCUT2D eigenvalue weighted by Crippen LogP contribution is -2.33. The molecule has 1 saturated carbocycles. The second-order valence-electron chi connectivity index (χ2n) is 7.00. The van der Waals surface area contributed by atoms with Gasteiger partial charge < -0.3 is 15.6 Å². The molecule has 0 spiro atoms. The maximum absolute atomic E-state index is 6.41. The summed E-state index contributed by atoms with van der Waals surface area (Å²) >= 11 is 12.4. The second kappa shape index (κ2) is 7.47. The van der Waals surface area contributed by atoms with E-state index >= 15 is 0 Å². The van der Waals surface area contributed by atoms with Crippen molar-refractivity contribution in [1.29, 1.82) is 0 Å². The summed E-state index contributed by atoms with van der Waals surface area (Å²) in [6.07, 6.45) is 4.26. The number of hydrogen-bond acceptors (Lipinski definition) is 3. The van der Waals surface area contributed by atoms with Crippen molar-refractivity contribution < 1.29 is 0 Å². The number of hydrogen-bond donors (Lipinski definition) is 2. The van der Waals surface area contributed by atoms with Crippen LogP contribution < -0.4 is 11.1 Å². The fourth-order valence-electron chi connectivity index (χ4n) is 3.61. The first kappa shape index (κ1) is 17.7. The molecule has 1 fully saturated rings. The van der Waals surface area contributed by atoms with E-state index in [0.717, 1.165) is 48.2 Å². The normalized spacial score (nSPS) is 20.4. The Morgan fingerprint density at radius 1 is 1.08 bits per heavy atom. The third-order valence-corrected chi connectivity index (χ3v) is 5.69. The van der Waals surface area contributed by atoms with E-state index in [-0.39, 0.29) is 0 Å². The molecular weight excluding hydrogens is 367 g/mol. The average Bonchev–Trinajstić information content (AvgIpc) is 2.97. The molecule has 1 aliphatic carbocycles. The van der Waals surface area contributed by atoms with Crippen molar-refractivity contribution in [3.8, 4) is 0 Å². The minimum Gasteiger partial charge on any atom is -0.353 e. The molecule has 0 aliphatic heterocycles. The van der Waals surface area contributed by atoms with Crippen LogP contribution in [0.15, 0.2) is 42.5 Å². The van der Waals surface area contributed by atoms with Crippen molar-refractivity contribution in [2.45, 2.75) is 44.3 Å². The van der Waals surface area contributed by atoms with Gasteiger partial charge in [0.2, 0.25) is 5.95 Å². The predicted octanol–water partition coefficient (Wildman–Crippen LogP) is 5.07. The summed E-state index contributed by atoms with van der Waals surface area (Å²) in [5, 5.41) is 4.95. The lowest BCUT2D eigenvalue weighted by atomic mass is 9.92. The standard InChI is InChI=1S/C20H22Cl2N4/c21-14-6-5-13(17(22)11-14)12-26-19-4-2-1-3-18(19)25-20(26)24-16-9-7-15(23)8-10-16/h1-6,11,15-16H,7-10,12,23H2,(H,24,25). The van der Waals surface area contributed by atoms with Gasteiger partial charge in [-0.15, -0.1) is 0 Å². The van der Waals surface area contributed by atoms with Gasteiger partial charge in [0.1, 0.15) is 0 Å². The number of para-hydroxylation sites is 2.